The topological polar surface area (TPSA) is 53.1 Å². The summed E-state index contributed by atoms with van der Waals surface area (Å²) >= 11 is 0. The Bertz CT molecular complexity index is 1490. The Labute approximate surface area is 229 Å². The minimum absolute atomic E-state index is 0.230. The molecule has 196 valence electrons. The molecule has 0 saturated carbocycles. The van der Waals surface area contributed by atoms with Crippen LogP contribution in [0.2, 0.25) is 0 Å². The van der Waals surface area contributed by atoms with Gasteiger partial charge in [-0.15, -0.1) is 0 Å². The Morgan fingerprint density at radius 3 is 1.67 bits per heavy atom. The molecule has 6 rings (SSSR count). The van der Waals surface area contributed by atoms with Crippen molar-refractivity contribution < 1.29 is 14.3 Å². The van der Waals surface area contributed by atoms with Crippen molar-refractivity contribution >= 4 is 17.5 Å². The predicted molar refractivity (Wildman–Crippen MR) is 153 cm³/mol. The monoisotopic (exact) mass is 517 g/mol. The lowest BCUT2D eigenvalue weighted by Crippen LogP contribution is -2.46. The Hall–Kier alpha value is -4.42. The number of ether oxygens (including phenoxy) is 1. The second-order valence-corrected chi connectivity index (χ2v) is 9.99. The van der Waals surface area contributed by atoms with Crippen molar-refractivity contribution in [2.24, 2.45) is 0 Å². The van der Waals surface area contributed by atoms with E-state index in [0.29, 0.717) is 11.1 Å². The molecule has 0 unspecified atom stereocenters. The number of rotatable bonds is 7. The minimum atomic E-state index is -0.230. The molecule has 4 aromatic rings. The summed E-state index contributed by atoms with van der Waals surface area (Å²) in [4.78, 5) is 32.3. The van der Waals surface area contributed by atoms with Crippen LogP contribution < -0.4 is 9.64 Å². The fourth-order valence-electron chi connectivity index (χ4n) is 5.67. The molecule has 2 amide bonds. The lowest BCUT2D eigenvalue weighted by Gasteiger charge is -2.37. The summed E-state index contributed by atoms with van der Waals surface area (Å²) in [6, 6.07) is 31.8. The highest BCUT2D eigenvalue weighted by molar-refractivity contribution is 6.21. The molecule has 2 heterocycles. The number of para-hydroxylation sites is 2. The number of imide groups is 1. The third-order valence-corrected chi connectivity index (χ3v) is 7.72. The maximum absolute atomic E-state index is 13.0. The molecular formula is C33H31N3O3. The van der Waals surface area contributed by atoms with Crippen molar-refractivity contribution in [3.05, 3.63) is 119 Å². The molecule has 39 heavy (non-hydrogen) atoms. The van der Waals surface area contributed by atoms with Gasteiger partial charge in [0.1, 0.15) is 5.75 Å². The van der Waals surface area contributed by atoms with Crippen molar-refractivity contribution in [2.45, 2.75) is 13.1 Å². The molecule has 0 aliphatic carbocycles. The fraction of sp³-hybridized carbons (Fsp3) is 0.212. The van der Waals surface area contributed by atoms with E-state index in [4.69, 9.17) is 4.74 Å². The highest BCUT2D eigenvalue weighted by Crippen LogP contribution is 2.32. The first-order chi connectivity index (χ1) is 19.1. The third kappa shape index (κ3) is 4.79. The molecule has 6 nitrogen and oxygen atoms in total. The highest BCUT2D eigenvalue weighted by Gasteiger charge is 2.35. The van der Waals surface area contributed by atoms with E-state index in [1.54, 1.807) is 31.4 Å². The van der Waals surface area contributed by atoms with Gasteiger partial charge >= 0.3 is 0 Å². The van der Waals surface area contributed by atoms with Crippen LogP contribution >= 0.6 is 0 Å². The molecule has 0 spiro atoms. The molecule has 2 aliphatic heterocycles. The highest BCUT2D eigenvalue weighted by atomic mass is 16.5. The number of anilines is 1. The number of amides is 2. The average Bonchev–Trinajstić information content (AvgIpc) is 3.23. The first-order valence-electron chi connectivity index (χ1n) is 13.4. The first kappa shape index (κ1) is 24.9. The molecule has 6 heteroatoms. The molecule has 2 aliphatic rings. The number of carbonyl (C=O) groups is 2. The number of hydrogen-bond donors (Lipinski definition) is 0. The lowest BCUT2D eigenvalue weighted by molar-refractivity contribution is 0.0642. The van der Waals surface area contributed by atoms with Crippen LogP contribution in [0.15, 0.2) is 97.1 Å². The van der Waals surface area contributed by atoms with Gasteiger partial charge < -0.3 is 9.64 Å². The van der Waals surface area contributed by atoms with Gasteiger partial charge in [0.05, 0.1) is 30.5 Å². The summed E-state index contributed by atoms with van der Waals surface area (Å²) in [6.45, 7) is 4.83. The summed E-state index contributed by atoms with van der Waals surface area (Å²) in [5.74, 6) is 0.448. The normalized spacial score (nSPS) is 15.5. The van der Waals surface area contributed by atoms with Gasteiger partial charge in [-0.05, 0) is 46.5 Å². The van der Waals surface area contributed by atoms with Gasteiger partial charge in [0.25, 0.3) is 11.8 Å². The fourth-order valence-corrected chi connectivity index (χ4v) is 5.67. The van der Waals surface area contributed by atoms with Crippen molar-refractivity contribution in [3.8, 4) is 16.9 Å². The van der Waals surface area contributed by atoms with Gasteiger partial charge in [-0.1, -0.05) is 72.8 Å². The van der Waals surface area contributed by atoms with Gasteiger partial charge in [0, 0.05) is 32.7 Å². The smallest absolute Gasteiger partial charge is 0.261 e. The van der Waals surface area contributed by atoms with Crippen LogP contribution in [-0.4, -0.2) is 54.9 Å². The zero-order valence-corrected chi connectivity index (χ0v) is 22.0. The van der Waals surface area contributed by atoms with E-state index in [0.717, 1.165) is 60.9 Å². The van der Waals surface area contributed by atoms with Crippen molar-refractivity contribution in [1.82, 2.24) is 9.80 Å². The van der Waals surface area contributed by atoms with Gasteiger partial charge in [-0.3, -0.25) is 19.4 Å². The summed E-state index contributed by atoms with van der Waals surface area (Å²) < 4.78 is 5.58. The Balaban J connectivity index is 1.20. The number of fused-ring (bicyclic) bond motifs is 1. The number of methoxy groups -OCH3 is 1. The zero-order chi connectivity index (χ0) is 26.8. The minimum Gasteiger partial charge on any atom is -0.495 e. The standard InChI is InChI=1S/C33H31N3O3/c1-39-31-17-9-8-16-30(31)35-20-18-34(19-21-35)22-24-10-2-4-12-26(24)27-13-5-3-11-25(27)23-36-32(37)28-14-6-7-15-29(28)33(36)38/h2-17H,18-23H2,1H3. The van der Waals surface area contributed by atoms with E-state index < -0.39 is 0 Å². The number of hydrogen-bond acceptors (Lipinski definition) is 5. The van der Waals surface area contributed by atoms with Gasteiger partial charge in [-0.2, -0.15) is 0 Å². The molecule has 4 aromatic carbocycles. The van der Waals surface area contributed by atoms with Crippen LogP contribution in [-0.2, 0) is 13.1 Å². The quantitative estimate of drug-likeness (QED) is 0.304. The Morgan fingerprint density at radius 2 is 1.08 bits per heavy atom. The average molecular weight is 518 g/mol. The number of nitrogens with zero attached hydrogens (tertiary/aromatic N) is 3. The van der Waals surface area contributed by atoms with Crippen LogP contribution in [0.4, 0.5) is 5.69 Å². The molecule has 0 radical (unpaired) electrons. The van der Waals surface area contributed by atoms with Crippen LogP contribution in [0.3, 0.4) is 0 Å². The molecule has 0 bridgehead atoms. The molecular weight excluding hydrogens is 486 g/mol. The zero-order valence-electron chi connectivity index (χ0n) is 22.0. The van der Waals surface area contributed by atoms with E-state index in [1.807, 2.05) is 30.3 Å². The number of benzene rings is 4. The van der Waals surface area contributed by atoms with Gasteiger partial charge in [0.2, 0.25) is 0 Å². The van der Waals surface area contributed by atoms with Gasteiger partial charge in [-0.25, -0.2) is 0 Å². The first-order valence-corrected chi connectivity index (χ1v) is 13.4. The van der Waals surface area contributed by atoms with Crippen molar-refractivity contribution in [3.63, 3.8) is 0 Å². The molecule has 0 aromatic heterocycles. The van der Waals surface area contributed by atoms with E-state index >= 15 is 0 Å². The molecule has 0 atom stereocenters. The SMILES string of the molecule is COc1ccccc1N1CCN(Cc2ccccc2-c2ccccc2CN2C(=O)c3ccccc3C2=O)CC1. The van der Waals surface area contributed by atoms with Crippen molar-refractivity contribution in [2.75, 3.05) is 38.2 Å². The van der Waals surface area contributed by atoms with E-state index in [1.165, 1.54) is 10.5 Å². The van der Waals surface area contributed by atoms with Crippen LogP contribution in [0.5, 0.6) is 5.75 Å². The molecule has 0 N–H and O–H groups in total. The predicted octanol–water partition coefficient (Wildman–Crippen LogP) is 5.48. The summed E-state index contributed by atoms with van der Waals surface area (Å²) in [7, 11) is 1.72. The largest absolute Gasteiger partial charge is 0.495 e. The summed E-state index contributed by atoms with van der Waals surface area (Å²) in [5, 5.41) is 0. The molecule has 1 fully saturated rings. The third-order valence-electron chi connectivity index (χ3n) is 7.72. The van der Waals surface area contributed by atoms with Crippen LogP contribution in [0.1, 0.15) is 31.8 Å². The number of piperazine rings is 1. The number of carbonyl (C=O) groups excluding carboxylic acids is 2. The second kappa shape index (κ2) is 10.8. The van der Waals surface area contributed by atoms with E-state index in [9.17, 15) is 9.59 Å². The lowest BCUT2D eigenvalue weighted by atomic mass is 9.94. The summed E-state index contributed by atoms with van der Waals surface area (Å²) in [6.07, 6.45) is 0. The van der Waals surface area contributed by atoms with Gasteiger partial charge in [0.15, 0.2) is 0 Å². The molecule has 1 saturated heterocycles. The Kier molecular flexibility index (Phi) is 6.86. The maximum Gasteiger partial charge on any atom is 0.261 e. The van der Waals surface area contributed by atoms with Crippen LogP contribution in [0.25, 0.3) is 11.1 Å². The Morgan fingerprint density at radius 1 is 0.590 bits per heavy atom. The maximum atomic E-state index is 13.0. The van der Waals surface area contributed by atoms with Crippen LogP contribution in [0, 0.1) is 0 Å². The van der Waals surface area contributed by atoms with Crippen molar-refractivity contribution in [1.29, 1.82) is 0 Å². The van der Waals surface area contributed by atoms with E-state index in [-0.39, 0.29) is 18.4 Å². The van der Waals surface area contributed by atoms with E-state index in [2.05, 4.69) is 52.3 Å². The summed E-state index contributed by atoms with van der Waals surface area (Å²) in [5.41, 5.74) is 6.48. The second-order valence-electron chi connectivity index (χ2n) is 9.99.